The quantitative estimate of drug-likeness (QED) is 0.864. The molecule has 0 aliphatic carbocycles. The number of fused-ring (bicyclic) bond motifs is 1. The van der Waals surface area contributed by atoms with Crippen molar-refractivity contribution in [1.82, 2.24) is 4.90 Å². The Bertz CT molecular complexity index is 676. The van der Waals surface area contributed by atoms with E-state index in [1.54, 1.807) is 17.0 Å². The van der Waals surface area contributed by atoms with Crippen LogP contribution in [0.1, 0.15) is 30.1 Å². The Balaban J connectivity index is 1.79. The van der Waals surface area contributed by atoms with E-state index in [0.717, 1.165) is 4.90 Å². The number of rotatable bonds is 2. The number of carboxylic acid groups (broad SMARTS) is 1. The second-order valence-electron chi connectivity index (χ2n) is 5.89. The molecule has 1 fully saturated rings. The van der Waals surface area contributed by atoms with Gasteiger partial charge in [0.2, 0.25) is 5.91 Å². The average molecular weight is 334 g/mol. The molecule has 1 aromatic rings. The summed E-state index contributed by atoms with van der Waals surface area (Å²) in [6.07, 6.45) is 1.30. The zero-order valence-electron chi connectivity index (χ0n) is 12.7. The Morgan fingerprint density at radius 1 is 1.39 bits per heavy atom. The second kappa shape index (κ2) is 6.23. The van der Waals surface area contributed by atoms with Crippen molar-refractivity contribution >= 4 is 35.2 Å². The molecule has 0 radical (unpaired) electrons. The molecule has 3 rings (SSSR count). The molecule has 0 bridgehead atoms. The number of benzene rings is 1. The summed E-state index contributed by atoms with van der Waals surface area (Å²) in [5, 5.41) is 11.8. The van der Waals surface area contributed by atoms with Crippen LogP contribution in [0.4, 0.5) is 5.69 Å². The largest absolute Gasteiger partial charge is 0.481 e. The maximum atomic E-state index is 12.6. The van der Waals surface area contributed by atoms with E-state index in [4.69, 9.17) is 5.11 Å². The molecule has 7 heteroatoms. The number of nitrogens with one attached hydrogen (secondary N) is 1. The number of hydrogen-bond donors (Lipinski definition) is 2. The lowest BCUT2D eigenvalue weighted by molar-refractivity contribution is -0.143. The fourth-order valence-corrected chi connectivity index (χ4v) is 3.82. The predicted octanol–water partition coefficient (Wildman–Crippen LogP) is 2.06. The van der Waals surface area contributed by atoms with Crippen molar-refractivity contribution in [1.29, 1.82) is 0 Å². The SMILES string of the molecule is CC1Sc2ccc(C(=O)N3CCCC(C(=O)O)C3)cc2NC1=O. The minimum Gasteiger partial charge on any atom is -0.481 e. The number of carbonyl (C=O) groups is 3. The molecule has 2 aliphatic heterocycles. The smallest absolute Gasteiger partial charge is 0.308 e. The van der Waals surface area contributed by atoms with Gasteiger partial charge >= 0.3 is 5.97 Å². The molecule has 122 valence electrons. The average Bonchev–Trinajstić information content (AvgIpc) is 2.55. The van der Waals surface area contributed by atoms with Crippen molar-refractivity contribution in [3.8, 4) is 0 Å². The summed E-state index contributed by atoms with van der Waals surface area (Å²) in [4.78, 5) is 38.0. The number of nitrogens with zero attached hydrogens (tertiary/aromatic N) is 1. The molecular formula is C16H18N2O4S. The van der Waals surface area contributed by atoms with Crippen LogP contribution in [0.15, 0.2) is 23.1 Å². The lowest BCUT2D eigenvalue weighted by Crippen LogP contribution is -2.42. The highest BCUT2D eigenvalue weighted by molar-refractivity contribution is 8.00. The van der Waals surface area contributed by atoms with E-state index >= 15 is 0 Å². The van der Waals surface area contributed by atoms with Crippen molar-refractivity contribution < 1.29 is 19.5 Å². The zero-order chi connectivity index (χ0) is 16.6. The van der Waals surface area contributed by atoms with Gasteiger partial charge in [0, 0.05) is 23.5 Å². The maximum Gasteiger partial charge on any atom is 0.308 e. The van der Waals surface area contributed by atoms with Crippen molar-refractivity contribution in [3.63, 3.8) is 0 Å². The van der Waals surface area contributed by atoms with Crippen molar-refractivity contribution in [2.24, 2.45) is 5.92 Å². The van der Waals surface area contributed by atoms with Crippen LogP contribution in [0, 0.1) is 5.92 Å². The molecule has 23 heavy (non-hydrogen) atoms. The van der Waals surface area contributed by atoms with Gasteiger partial charge in [-0.2, -0.15) is 0 Å². The van der Waals surface area contributed by atoms with Crippen molar-refractivity contribution in [3.05, 3.63) is 23.8 Å². The molecule has 0 spiro atoms. The van der Waals surface area contributed by atoms with Gasteiger partial charge in [-0.05, 0) is 38.0 Å². The van der Waals surface area contributed by atoms with E-state index in [-0.39, 0.29) is 23.6 Å². The van der Waals surface area contributed by atoms with E-state index < -0.39 is 11.9 Å². The van der Waals surface area contributed by atoms with Gasteiger partial charge in [0.1, 0.15) is 0 Å². The fourth-order valence-electron chi connectivity index (χ4n) is 2.89. The van der Waals surface area contributed by atoms with E-state index in [0.29, 0.717) is 30.6 Å². The number of thioether (sulfide) groups is 1. The molecule has 2 heterocycles. The number of aliphatic carboxylic acids is 1. The van der Waals surface area contributed by atoms with Crippen LogP contribution in [0.25, 0.3) is 0 Å². The van der Waals surface area contributed by atoms with Gasteiger partial charge < -0.3 is 15.3 Å². The summed E-state index contributed by atoms with van der Waals surface area (Å²) in [7, 11) is 0. The third-order valence-corrected chi connectivity index (χ3v) is 5.39. The number of piperidine rings is 1. The summed E-state index contributed by atoms with van der Waals surface area (Å²) < 4.78 is 0. The molecule has 2 atom stereocenters. The Morgan fingerprint density at radius 2 is 2.17 bits per heavy atom. The summed E-state index contributed by atoms with van der Waals surface area (Å²) in [6.45, 7) is 2.64. The summed E-state index contributed by atoms with van der Waals surface area (Å²) in [6, 6.07) is 5.25. The lowest BCUT2D eigenvalue weighted by Gasteiger charge is -2.31. The van der Waals surface area contributed by atoms with Crippen LogP contribution in [-0.4, -0.2) is 46.1 Å². The Hall–Kier alpha value is -2.02. The highest BCUT2D eigenvalue weighted by Crippen LogP contribution is 2.36. The van der Waals surface area contributed by atoms with Gasteiger partial charge in [0.05, 0.1) is 16.9 Å². The maximum absolute atomic E-state index is 12.6. The molecule has 2 aliphatic rings. The van der Waals surface area contributed by atoms with Crippen molar-refractivity contribution in [2.45, 2.75) is 29.9 Å². The summed E-state index contributed by atoms with van der Waals surface area (Å²) in [5.74, 6) is -1.61. The molecule has 2 N–H and O–H groups in total. The summed E-state index contributed by atoms with van der Waals surface area (Å²) >= 11 is 1.47. The molecule has 0 saturated carbocycles. The Labute approximate surface area is 138 Å². The second-order valence-corrected chi connectivity index (χ2v) is 7.27. The number of likely N-dealkylation sites (tertiary alicyclic amines) is 1. The monoisotopic (exact) mass is 334 g/mol. The molecular weight excluding hydrogens is 316 g/mol. The molecule has 6 nitrogen and oxygen atoms in total. The van der Waals surface area contributed by atoms with E-state index in [2.05, 4.69) is 5.32 Å². The predicted molar refractivity (Wildman–Crippen MR) is 86.7 cm³/mol. The van der Waals surface area contributed by atoms with E-state index in [9.17, 15) is 14.4 Å². The number of carbonyl (C=O) groups excluding carboxylic acids is 2. The van der Waals surface area contributed by atoms with Crippen LogP contribution in [0.2, 0.25) is 0 Å². The summed E-state index contributed by atoms with van der Waals surface area (Å²) in [5.41, 5.74) is 1.13. The van der Waals surface area contributed by atoms with Gasteiger partial charge in [0.25, 0.3) is 5.91 Å². The standard InChI is InChI=1S/C16H18N2O4S/c1-9-14(19)17-12-7-10(4-5-13(12)23-9)15(20)18-6-2-3-11(8-18)16(21)22/h4-5,7,9,11H,2-3,6,8H2,1H3,(H,17,19)(H,21,22). The van der Waals surface area contributed by atoms with Crippen LogP contribution in [0.5, 0.6) is 0 Å². The van der Waals surface area contributed by atoms with Gasteiger partial charge in [0.15, 0.2) is 0 Å². The van der Waals surface area contributed by atoms with Gasteiger partial charge in [-0.1, -0.05) is 0 Å². The van der Waals surface area contributed by atoms with Crippen LogP contribution < -0.4 is 5.32 Å². The topological polar surface area (TPSA) is 86.7 Å². The molecule has 2 amide bonds. The Kier molecular flexibility index (Phi) is 4.30. The normalized spacial score (nSPS) is 23.9. The minimum atomic E-state index is -0.856. The highest BCUT2D eigenvalue weighted by Gasteiger charge is 2.29. The number of anilines is 1. The first-order chi connectivity index (χ1) is 11.0. The van der Waals surface area contributed by atoms with E-state index in [1.165, 1.54) is 11.8 Å². The van der Waals surface area contributed by atoms with E-state index in [1.807, 2.05) is 13.0 Å². The first-order valence-corrected chi connectivity index (χ1v) is 8.47. The minimum absolute atomic E-state index is 0.0731. The Morgan fingerprint density at radius 3 is 2.91 bits per heavy atom. The third-order valence-electron chi connectivity index (χ3n) is 4.22. The molecule has 0 aromatic heterocycles. The van der Waals surface area contributed by atoms with Crippen LogP contribution in [0.3, 0.4) is 0 Å². The first-order valence-electron chi connectivity index (χ1n) is 7.59. The lowest BCUT2D eigenvalue weighted by atomic mass is 9.97. The number of amides is 2. The van der Waals surface area contributed by atoms with Crippen LogP contribution >= 0.6 is 11.8 Å². The number of carboxylic acids is 1. The highest BCUT2D eigenvalue weighted by atomic mass is 32.2. The van der Waals surface area contributed by atoms with Crippen LogP contribution in [-0.2, 0) is 9.59 Å². The number of hydrogen-bond acceptors (Lipinski definition) is 4. The van der Waals surface area contributed by atoms with Gasteiger partial charge in [-0.3, -0.25) is 14.4 Å². The molecule has 2 unspecified atom stereocenters. The van der Waals surface area contributed by atoms with Crippen molar-refractivity contribution in [2.75, 3.05) is 18.4 Å². The molecule has 1 aromatic carbocycles. The molecule has 1 saturated heterocycles. The van der Waals surface area contributed by atoms with Gasteiger partial charge in [-0.25, -0.2) is 0 Å². The first kappa shape index (κ1) is 15.9. The zero-order valence-corrected chi connectivity index (χ0v) is 13.6. The fraction of sp³-hybridized carbons (Fsp3) is 0.438. The van der Waals surface area contributed by atoms with Gasteiger partial charge in [-0.15, -0.1) is 11.8 Å². The third kappa shape index (κ3) is 3.19.